The third-order valence-electron chi connectivity index (χ3n) is 3.10. The number of carboxylic acids is 1. The van der Waals surface area contributed by atoms with E-state index in [0.717, 1.165) is 4.31 Å². The molecule has 0 aliphatic carbocycles. The number of hydroxylamine groups is 1. The van der Waals surface area contributed by atoms with E-state index < -0.39 is 34.0 Å². The Bertz CT molecular complexity index is 478. The van der Waals surface area contributed by atoms with E-state index in [0.29, 0.717) is 12.8 Å². The molecular formula is C9H15N3O6S. The number of aliphatic carboxylic acids is 1. The number of nitrogens with zero attached hydrogens (tertiary/aromatic N) is 1. The summed E-state index contributed by atoms with van der Waals surface area (Å²) in [6.07, 6.45) is 0.930. The van der Waals surface area contributed by atoms with Crippen LogP contribution in [0.25, 0.3) is 0 Å². The predicted octanol–water partition coefficient (Wildman–Crippen LogP) is -1.95. The number of hydrogen-bond donors (Lipinski definition) is 3. The minimum Gasteiger partial charge on any atom is -0.481 e. The van der Waals surface area contributed by atoms with E-state index in [1.165, 1.54) is 0 Å². The molecule has 0 bridgehead atoms. The zero-order valence-corrected chi connectivity index (χ0v) is 10.9. The van der Waals surface area contributed by atoms with Gasteiger partial charge in [-0.15, -0.1) is 0 Å². The molecule has 0 aromatic carbocycles. The number of hydrogen-bond acceptors (Lipinski definition) is 5. The summed E-state index contributed by atoms with van der Waals surface area (Å²) < 4.78 is 27.3. The molecule has 2 atom stereocenters. The Morgan fingerprint density at radius 1 is 1.53 bits per heavy atom. The molecule has 10 heteroatoms. The van der Waals surface area contributed by atoms with Gasteiger partial charge in [0.25, 0.3) is 16.1 Å². The molecule has 0 aromatic rings. The topological polar surface area (TPSA) is 125 Å². The Kier molecular flexibility index (Phi) is 4.04. The van der Waals surface area contributed by atoms with E-state index in [9.17, 15) is 18.0 Å². The molecule has 2 rings (SSSR count). The predicted molar refractivity (Wildman–Crippen MR) is 61.9 cm³/mol. The van der Waals surface area contributed by atoms with Gasteiger partial charge >= 0.3 is 5.97 Å². The quantitative estimate of drug-likeness (QED) is 0.553. The van der Waals surface area contributed by atoms with Gasteiger partial charge in [-0.05, 0) is 12.8 Å². The second-order valence-corrected chi connectivity index (χ2v) is 6.19. The molecule has 9 nitrogen and oxygen atoms in total. The second-order valence-electron chi connectivity index (χ2n) is 4.49. The molecule has 0 spiro atoms. The van der Waals surface area contributed by atoms with Crippen molar-refractivity contribution in [2.75, 3.05) is 19.7 Å². The number of amides is 1. The molecule has 2 aliphatic heterocycles. The van der Waals surface area contributed by atoms with Crippen LogP contribution in [-0.2, 0) is 24.6 Å². The van der Waals surface area contributed by atoms with Gasteiger partial charge in [-0.25, -0.2) is 5.48 Å². The molecule has 2 heterocycles. The lowest BCUT2D eigenvalue weighted by molar-refractivity contribution is -0.142. The first-order valence-corrected chi connectivity index (χ1v) is 7.26. The van der Waals surface area contributed by atoms with Crippen LogP contribution in [0.4, 0.5) is 0 Å². The summed E-state index contributed by atoms with van der Waals surface area (Å²) in [6, 6.07) is -0.977. The van der Waals surface area contributed by atoms with Crippen molar-refractivity contribution in [1.29, 1.82) is 0 Å². The lowest BCUT2D eigenvalue weighted by atomic mass is 10.0. The average molecular weight is 293 g/mol. The van der Waals surface area contributed by atoms with Crippen LogP contribution in [0.3, 0.4) is 0 Å². The summed E-state index contributed by atoms with van der Waals surface area (Å²) >= 11 is 0. The van der Waals surface area contributed by atoms with Gasteiger partial charge in [-0.3, -0.25) is 14.4 Å². The fourth-order valence-electron chi connectivity index (χ4n) is 2.05. The van der Waals surface area contributed by atoms with Crippen molar-refractivity contribution in [3.8, 4) is 0 Å². The summed E-state index contributed by atoms with van der Waals surface area (Å²) in [4.78, 5) is 26.8. The van der Waals surface area contributed by atoms with Gasteiger partial charge in [0.05, 0.1) is 5.92 Å². The summed E-state index contributed by atoms with van der Waals surface area (Å²) in [5.41, 5.74) is 2.04. The molecule has 1 amide bonds. The molecule has 1 unspecified atom stereocenters. The number of nitrogens with one attached hydrogen (secondary N) is 2. The van der Waals surface area contributed by atoms with E-state index in [1.54, 1.807) is 0 Å². The van der Waals surface area contributed by atoms with Crippen molar-refractivity contribution < 1.29 is 28.0 Å². The van der Waals surface area contributed by atoms with Gasteiger partial charge in [0, 0.05) is 13.1 Å². The Morgan fingerprint density at radius 3 is 2.84 bits per heavy atom. The minimum atomic E-state index is -3.89. The van der Waals surface area contributed by atoms with E-state index in [-0.39, 0.29) is 19.7 Å². The number of carbonyl (C=O) groups is 2. The normalized spacial score (nSPS) is 29.2. The molecule has 0 radical (unpaired) electrons. The zero-order valence-electron chi connectivity index (χ0n) is 10.0. The smallest absolute Gasteiger partial charge is 0.307 e. The molecular weight excluding hydrogens is 278 g/mol. The van der Waals surface area contributed by atoms with Crippen LogP contribution in [0.2, 0.25) is 0 Å². The maximum atomic E-state index is 12.0. The second kappa shape index (κ2) is 5.41. The third-order valence-corrected chi connectivity index (χ3v) is 4.70. The number of carboxylic acid groups (broad SMARTS) is 1. The van der Waals surface area contributed by atoms with E-state index in [2.05, 4.69) is 9.56 Å². The van der Waals surface area contributed by atoms with Crippen molar-refractivity contribution >= 4 is 22.1 Å². The van der Waals surface area contributed by atoms with E-state index in [1.807, 2.05) is 5.48 Å². The number of rotatable bonds is 4. The Labute approximate surface area is 110 Å². The third kappa shape index (κ3) is 3.21. The van der Waals surface area contributed by atoms with Gasteiger partial charge in [0.1, 0.15) is 12.6 Å². The van der Waals surface area contributed by atoms with E-state index in [4.69, 9.17) is 5.11 Å². The highest BCUT2D eigenvalue weighted by molar-refractivity contribution is 7.87. The molecule has 2 saturated heterocycles. The standard InChI is InChI=1S/C9H15N3O6S/c13-8-7(5-18-10-8)11-19(16,17)12-3-1-2-6(4-12)9(14)15/h6-7,11H,1-5H2,(H,10,13)(H,14,15)/t6?,7-/m1/s1. The summed E-state index contributed by atoms with van der Waals surface area (Å²) in [7, 11) is -3.89. The molecule has 0 aromatic heterocycles. The Balaban J connectivity index is 2.02. The molecule has 3 N–H and O–H groups in total. The fourth-order valence-corrected chi connectivity index (χ4v) is 3.48. The zero-order chi connectivity index (χ0) is 14.0. The van der Waals surface area contributed by atoms with Crippen LogP contribution >= 0.6 is 0 Å². The molecule has 2 aliphatic rings. The van der Waals surface area contributed by atoms with Crippen molar-refractivity contribution in [3.63, 3.8) is 0 Å². The summed E-state index contributed by atoms with van der Waals surface area (Å²) in [6.45, 7) is 0.0719. The van der Waals surface area contributed by atoms with Crippen LogP contribution < -0.4 is 10.2 Å². The maximum absolute atomic E-state index is 12.0. The lowest BCUT2D eigenvalue weighted by Crippen LogP contribution is -2.52. The summed E-state index contributed by atoms with van der Waals surface area (Å²) in [5, 5.41) is 8.92. The first-order valence-electron chi connectivity index (χ1n) is 5.82. The SMILES string of the molecule is O=C(O)C1CCCN(S(=O)(=O)N[C@@H]2CONC2=O)C1. The van der Waals surface area contributed by atoms with Crippen molar-refractivity contribution in [3.05, 3.63) is 0 Å². The first kappa shape index (κ1) is 14.2. The molecule has 2 fully saturated rings. The van der Waals surface area contributed by atoms with Crippen LogP contribution in [0.1, 0.15) is 12.8 Å². The number of piperidine rings is 1. The number of carbonyl (C=O) groups excluding carboxylic acids is 1. The first-order chi connectivity index (χ1) is 8.90. The van der Waals surface area contributed by atoms with Crippen molar-refractivity contribution in [2.45, 2.75) is 18.9 Å². The lowest BCUT2D eigenvalue weighted by Gasteiger charge is -2.30. The molecule has 108 valence electrons. The molecule has 0 saturated carbocycles. The van der Waals surface area contributed by atoms with Crippen molar-refractivity contribution in [1.82, 2.24) is 14.5 Å². The largest absolute Gasteiger partial charge is 0.481 e. The Morgan fingerprint density at radius 2 is 2.26 bits per heavy atom. The monoisotopic (exact) mass is 293 g/mol. The van der Waals surface area contributed by atoms with Crippen molar-refractivity contribution in [2.24, 2.45) is 5.92 Å². The highest BCUT2D eigenvalue weighted by Crippen LogP contribution is 2.19. The highest BCUT2D eigenvalue weighted by atomic mass is 32.2. The summed E-state index contributed by atoms with van der Waals surface area (Å²) in [5.74, 6) is -2.28. The van der Waals surface area contributed by atoms with Gasteiger partial charge < -0.3 is 5.11 Å². The van der Waals surface area contributed by atoms with Gasteiger partial charge in [0.15, 0.2) is 0 Å². The molecule has 19 heavy (non-hydrogen) atoms. The Hall–Kier alpha value is -1.23. The van der Waals surface area contributed by atoms with Gasteiger partial charge in [0.2, 0.25) is 0 Å². The van der Waals surface area contributed by atoms with Crippen LogP contribution in [0.15, 0.2) is 0 Å². The van der Waals surface area contributed by atoms with Crippen LogP contribution in [-0.4, -0.2) is 55.4 Å². The van der Waals surface area contributed by atoms with Crippen LogP contribution in [0.5, 0.6) is 0 Å². The van der Waals surface area contributed by atoms with Gasteiger partial charge in [-0.2, -0.15) is 17.4 Å². The van der Waals surface area contributed by atoms with E-state index >= 15 is 0 Å². The van der Waals surface area contributed by atoms with Crippen LogP contribution in [0, 0.1) is 5.92 Å². The van der Waals surface area contributed by atoms with Gasteiger partial charge in [-0.1, -0.05) is 0 Å². The highest BCUT2D eigenvalue weighted by Gasteiger charge is 2.36. The fraction of sp³-hybridized carbons (Fsp3) is 0.778. The minimum absolute atomic E-state index is 0.0835. The maximum Gasteiger partial charge on any atom is 0.307 e. The average Bonchev–Trinajstić information content (AvgIpc) is 2.74.